The Labute approximate surface area is 105 Å². The van der Waals surface area contributed by atoms with Crippen molar-refractivity contribution in [2.24, 2.45) is 5.73 Å². The average Bonchev–Trinajstić information content (AvgIpc) is 2.53. The van der Waals surface area contributed by atoms with Crippen LogP contribution >= 0.6 is 0 Å². The first-order chi connectivity index (χ1) is 8.50. The molecule has 0 bridgehead atoms. The number of hydrogen-bond donors (Lipinski definition) is 1. The number of hydrogen-bond acceptors (Lipinski definition) is 1. The number of rotatable bonds is 1. The SMILES string of the molecule is NC1CCCCCC1c1ccccc1C(F)(F)F. The molecule has 2 rings (SSSR count). The molecule has 0 spiro atoms. The third-order valence-corrected chi connectivity index (χ3v) is 3.74. The van der Waals surface area contributed by atoms with Crippen LogP contribution in [-0.4, -0.2) is 6.04 Å². The highest BCUT2D eigenvalue weighted by Crippen LogP contribution is 2.39. The van der Waals surface area contributed by atoms with Gasteiger partial charge in [0.15, 0.2) is 0 Å². The normalized spacial score (nSPS) is 25.8. The van der Waals surface area contributed by atoms with E-state index in [1.807, 2.05) is 0 Å². The van der Waals surface area contributed by atoms with Crippen LogP contribution in [0.4, 0.5) is 13.2 Å². The van der Waals surface area contributed by atoms with Crippen molar-refractivity contribution in [3.63, 3.8) is 0 Å². The monoisotopic (exact) mass is 257 g/mol. The maximum absolute atomic E-state index is 13.0. The van der Waals surface area contributed by atoms with Crippen LogP contribution in [0.3, 0.4) is 0 Å². The molecule has 4 heteroatoms. The summed E-state index contributed by atoms with van der Waals surface area (Å²) in [7, 11) is 0. The molecule has 0 aromatic heterocycles. The van der Waals surface area contributed by atoms with Gasteiger partial charge in [-0.05, 0) is 30.4 Å². The molecule has 0 radical (unpaired) electrons. The first-order valence-electron chi connectivity index (χ1n) is 6.42. The molecule has 1 nitrogen and oxygen atoms in total. The summed E-state index contributed by atoms with van der Waals surface area (Å²) in [5, 5.41) is 0. The van der Waals surface area contributed by atoms with Gasteiger partial charge < -0.3 is 5.73 Å². The molecular weight excluding hydrogens is 239 g/mol. The molecule has 1 saturated carbocycles. The van der Waals surface area contributed by atoms with Crippen LogP contribution in [0.15, 0.2) is 24.3 Å². The number of nitrogens with two attached hydrogens (primary N) is 1. The first-order valence-corrected chi connectivity index (χ1v) is 6.42. The standard InChI is InChI=1S/C14H18F3N/c15-14(16,17)12-8-5-4-6-10(12)11-7-2-1-3-9-13(11)18/h4-6,8,11,13H,1-3,7,9,18H2. The van der Waals surface area contributed by atoms with Gasteiger partial charge in [0.05, 0.1) is 5.56 Å². The van der Waals surface area contributed by atoms with Crippen molar-refractivity contribution in [3.8, 4) is 0 Å². The Balaban J connectivity index is 2.37. The maximum atomic E-state index is 13.0. The molecular formula is C14H18F3N. The largest absolute Gasteiger partial charge is 0.416 e. The molecule has 2 atom stereocenters. The lowest BCUT2D eigenvalue weighted by atomic mass is 9.85. The average molecular weight is 257 g/mol. The first kappa shape index (κ1) is 13.4. The van der Waals surface area contributed by atoms with Crippen LogP contribution in [0.1, 0.15) is 49.1 Å². The highest BCUT2D eigenvalue weighted by molar-refractivity contribution is 5.33. The van der Waals surface area contributed by atoms with Gasteiger partial charge in [-0.3, -0.25) is 0 Å². The van der Waals surface area contributed by atoms with Gasteiger partial charge in [-0.25, -0.2) is 0 Å². The Morgan fingerprint density at radius 3 is 2.39 bits per heavy atom. The van der Waals surface area contributed by atoms with Gasteiger partial charge in [0.2, 0.25) is 0 Å². The van der Waals surface area contributed by atoms with Gasteiger partial charge in [0.25, 0.3) is 0 Å². The van der Waals surface area contributed by atoms with Crippen LogP contribution in [-0.2, 0) is 6.18 Å². The Morgan fingerprint density at radius 2 is 1.67 bits per heavy atom. The fraction of sp³-hybridized carbons (Fsp3) is 0.571. The van der Waals surface area contributed by atoms with Crippen LogP contribution in [0.2, 0.25) is 0 Å². The summed E-state index contributed by atoms with van der Waals surface area (Å²) in [5.41, 5.74) is 5.91. The fourth-order valence-electron chi connectivity index (χ4n) is 2.80. The molecule has 1 aliphatic rings. The second-order valence-corrected chi connectivity index (χ2v) is 4.99. The molecule has 1 aliphatic carbocycles. The third-order valence-electron chi connectivity index (χ3n) is 3.74. The molecule has 0 saturated heterocycles. The highest BCUT2D eigenvalue weighted by Gasteiger charge is 2.36. The highest BCUT2D eigenvalue weighted by atomic mass is 19.4. The molecule has 1 aromatic rings. The number of benzene rings is 1. The van der Waals surface area contributed by atoms with Crippen LogP contribution in [0, 0.1) is 0 Å². The molecule has 100 valence electrons. The fourth-order valence-corrected chi connectivity index (χ4v) is 2.80. The van der Waals surface area contributed by atoms with Crippen molar-refractivity contribution in [1.29, 1.82) is 0 Å². The van der Waals surface area contributed by atoms with E-state index in [0.29, 0.717) is 5.56 Å². The lowest BCUT2D eigenvalue weighted by molar-refractivity contribution is -0.138. The van der Waals surface area contributed by atoms with Gasteiger partial charge in [-0.15, -0.1) is 0 Å². The van der Waals surface area contributed by atoms with E-state index in [2.05, 4.69) is 0 Å². The summed E-state index contributed by atoms with van der Waals surface area (Å²) in [5.74, 6) is -0.162. The van der Waals surface area contributed by atoms with E-state index in [1.165, 1.54) is 6.07 Å². The molecule has 0 aliphatic heterocycles. The van der Waals surface area contributed by atoms with E-state index >= 15 is 0 Å². The maximum Gasteiger partial charge on any atom is 0.416 e. The van der Waals surface area contributed by atoms with Crippen LogP contribution in [0.25, 0.3) is 0 Å². The van der Waals surface area contributed by atoms with Crippen LogP contribution in [0.5, 0.6) is 0 Å². The van der Waals surface area contributed by atoms with Crippen molar-refractivity contribution in [3.05, 3.63) is 35.4 Å². The zero-order chi connectivity index (χ0) is 13.2. The van der Waals surface area contributed by atoms with Crippen LogP contribution < -0.4 is 5.73 Å². The molecule has 18 heavy (non-hydrogen) atoms. The quantitative estimate of drug-likeness (QED) is 0.754. The topological polar surface area (TPSA) is 26.0 Å². The van der Waals surface area contributed by atoms with Gasteiger partial charge in [0.1, 0.15) is 0 Å². The summed E-state index contributed by atoms with van der Waals surface area (Å²) in [6, 6.07) is 5.69. The predicted octanol–water partition coefficient (Wildman–Crippen LogP) is 4.08. The number of alkyl halides is 3. The minimum Gasteiger partial charge on any atom is -0.327 e. The van der Waals surface area contributed by atoms with E-state index in [1.54, 1.807) is 12.1 Å². The van der Waals surface area contributed by atoms with E-state index in [9.17, 15) is 13.2 Å². The number of halogens is 3. The van der Waals surface area contributed by atoms with Crippen molar-refractivity contribution >= 4 is 0 Å². The van der Waals surface area contributed by atoms with E-state index in [-0.39, 0.29) is 12.0 Å². The Kier molecular flexibility index (Phi) is 3.95. The van der Waals surface area contributed by atoms with E-state index in [4.69, 9.17) is 5.73 Å². The molecule has 1 fully saturated rings. The molecule has 0 heterocycles. The molecule has 1 aromatic carbocycles. The van der Waals surface area contributed by atoms with Crippen molar-refractivity contribution < 1.29 is 13.2 Å². The lowest BCUT2D eigenvalue weighted by Gasteiger charge is -2.25. The zero-order valence-corrected chi connectivity index (χ0v) is 10.2. The summed E-state index contributed by atoms with van der Waals surface area (Å²) in [6.07, 6.45) is 0.336. The third kappa shape index (κ3) is 2.86. The van der Waals surface area contributed by atoms with Crippen molar-refractivity contribution in [2.45, 2.75) is 50.2 Å². The summed E-state index contributed by atoms with van der Waals surface area (Å²) in [4.78, 5) is 0. The van der Waals surface area contributed by atoms with Gasteiger partial charge in [-0.2, -0.15) is 13.2 Å². The summed E-state index contributed by atoms with van der Waals surface area (Å²) >= 11 is 0. The second kappa shape index (κ2) is 5.31. The Bertz CT molecular complexity index is 400. The smallest absolute Gasteiger partial charge is 0.327 e. The summed E-state index contributed by atoms with van der Waals surface area (Å²) < 4.78 is 39.0. The minimum absolute atomic E-state index is 0.156. The van der Waals surface area contributed by atoms with Gasteiger partial charge >= 0.3 is 6.18 Å². The minimum atomic E-state index is -4.29. The lowest BCUT2D eigenvalue weighted by Crippen LogP contribution is -2.29. The molecule has 0 amide bonds. The van der Waals surface area contributed by atoms with Crippen molar-refractivity contribution in [1.82, 2.24) is 0 Å². The van der Waals surface area contributed by atoms with Gasteiger partial charge in [0, 0.05) is 6.04 Å². The van der Waals surface area contributed by atoms with Crippen molar-refractivity contribution in [2.75, 3.05) is 0 Å². The molecule has 2 N–H and O–H groups in total. The van der Waals surface area contributed by atoms with E-state index in [0.717, 1.165) is 38.2 Å². The zero-order valence-electron chi connectivity index (χ0n) is 10.2. The summed E-state index contributed by atoms with van der Waals surface area (Å²) in [6.45, 7) is 0. The predicted molar refractivity (Wildman–Crippen MR) is 65.2 cm³/mol. The Morgan fingerprint density at radius 1 is 1.00 bits per heavy atom. The van der Waals surface area contributed by atoms with E-state index < -0.39 is 11.7 Å². The Hall–Kier alpha value is -1.03. The van der Waals surface area contributed by atoms with Gasteiger partial charge in [-0.1, -0.05) is 37.5 Å². The molecule has 2 unspecified atom stereocenters. The second-order valence-electron chi connectivity index (χ2n) is 4.99.